The molecule has 0 radical (unpaired) electrons. The first kappa shape index (κ1) is 15.9. The molecular formula is C11H17N3O6S. The van der Waals surface area contributed by atoms with Crippen molar-refractivity contribution in [1.82, 2.24) is 13.9 Å². The molecule has 0 bridgehead atoms. The number of carbonyl (C=O) groups is 3. The third kappa shape index (κ3) is 3.06. The third-order valence-electron chi connectivity index (χ3n) is 3.72. The predicted molar refractivity (Wildman–Crippen MR) is 70.2 cm³/mol. The van der Waals surface area contributed by atoms with Gasteiger partial charge in [0.25, 0.3) is 10.2 Å². The number of imide groups is 1. The highest BCUT2D eigenvalue weighted by atomic mass is 32.2. The number of nitrogens with one attached hydrogen (secondary N) is 1. The number of carbonyl (C=O) groups excluding carboxylic acids is 2. The van der Waals surface area contributed by atoms with Gasteiger partial charge in [0, 0.05) is 13.6 Å². The molecule has 2 amide bonds. The van der Waals surface area contributed by atoms with Crippen molar-refractivity contribution in [3.8, 4) is 0 Å². The van der Waals surface area contributed by atoms with Crippen LogP contribution in [0.25, 0.3) is 0 Å². The molecule has 0 aliphatic carbocycles. The average Bonchev–Trinajstić information content (AvgIpc) is 2.66. The van der Waals surface area contributed by atoms with Gasteiger partial charge in [-0.25, -0.2) is 0 Å². The first-order valence-electron chi connectivity index (χ1n) is 6.56. The SMILES string of the molecule is CN1C(=O)CC(NS(=O)(=O)N2CCCCC2C(=O)O)C1=O. The number of piperidine rings is 1. The molecule has 2 atom stereocenters. The molecule has 10 heteroatoms. The molecular weight excluding hydrogens is 302 g/mol. The number of hydrogen-bond acceptors (Lipinski definition) is 5. The van der Waals surface area contributed by atoms with E-state index in [0.717, 1.165) is 9.21 Å². The second-order valence-corrected chi connectivity index (χ2v) is 6.79. The molecule has 0 aromatic carbocycles. The summed E-state index contributed by atoms with van der Waals surface area (Å²) in [7, 11) is -2.86. The molecule has 2 unspecified atom stereocenters. The molecule has 0 saturated carbocycles. The van der Waals surface area contributed by atoms with Gasteiger partial charge < -0.3 is 5.11 Å². The summed E-state index contributed by atoms with van der Waals surface area (Å²) < 4.78 is 27.6. The lowest BCUT2D eigenvalue weighted by Gasteiger charge is -2.32. The monoisotopic (exact) mass is 319 g/mol. The molecule has 0 aromatic rings. The Morgan fingerprint density at radius 2 is 2.00 bits per heavy atom. The first-order valence-corrected chi connectivity index (χ1v) is 8.00. The number of rotatable bonds is 4. The largest absolute Gasteiger partial charge is 0.480 e. The summed E-state index contributed by atoms with van der Waals surface area (Å²) in [5, 5.41) is 9.11. The average molecular weight is 319 g/mol. The number of carboxylic acid groups (broad SMARTS) is 1. The molecule has 9 nitrogen and oxygen atoms in total. The highest BCUT2D eigenvalue weighted by molar-refractivity contribution is 7.87. The Hall–Kier alpha value is -1.52. The Morgan fingerprint density at radius 1 is 1.33 bits per heavy atom. The van der Waals surface area contributed by atoms with Crippen molar-refractivity contribution >= 4 is 28.0 Å². The summed E-state index contributed by atoms with van der Waals surface area (Å²) in [5.74, 6) is -2.32. The van der Waals surface area contributed by atoms with Crippen LogP contribution >= 0.6 is 0 Å². The Labute approximate surface area is 122 Å². The third-order valence-corrected chi connectivity index (χ3v) is 5.36. The number of hydrogen-bond donors (Lipinski definition) is 2. The molecule has 2 saturated heterocycles. The maximum absolute atomic E-state index is 12.3. The zero-order valence-corrected chi connectivity index (χ0v) is 12.3. The van der Waals surface area contributed by atoms with Crippen LogP contribution in [0, 0.1) is 0 Å². The minimum absolute atomic E-state index is 0.0804. The quantitative estimate of drug-likeness (QED) is 0.609. The van der Waals surface area contributed by atoms with E-state index in [0.29, 0.717) is 12.8 Å². The van der Waals surface area contributed by atoms with E-state index in [2.05, 4.69) is 4.72 Å². The van der Waals surface area contributed by atoms with Crippen molar-refractivity contribution in [3.05, 3.63) is 0 Å². The van der Waals surface area contributed by atoms with E-state index in [1.54, 1.807) is 0 Å². The van der Waals surface area contributed by atoms with E-state index in [9.17, 15) is 22.8 Å². The highest BCUT2D eigenvalue weighted by Gasteiger charge is 2.42. The van der Waals surface area contributed by atoms with Crippen LogP contribution in [0.4, 0.5) is 0 Å². The predicted octanol–water partition coefficient (Wildman–Crippen LogP) is -1.48. The molecule has 2 aliphatic heterocycles. The van der Waals surface area contributed by atoms with Crippen LogP contribution in [0.15, 0.2) is 0 Å². The molecule has 0 aromatic heterocycles. The summed E-state index contributed by atoms with van der Waals surface area (Å²) in [6.07, 6.45) is 1.17. The van der Waals surface area contributed by atoms with Crippen LogP contribution < -0.4 is 4.72 Å². The van der Waals surface area contributed by atoms with E-state index in [1.807, 2.05) is 0 Å². The summed E-state index contributed by atoms with van der Waals surface area (Å²) in [4.78, 5) is 35.1. The van der Waals surface area contributed by atoms with Crippen LogP contribution in [0.1, 0.15) is 25.7 Å². The molecule has 2 N–H and O–H groups in total. The van der Waals surface area contributed by atoms with E-state index < -0.39 is 40.1 Å². The van der Waals surface area contributed by atoms with Gasteiger partial charge in [0.05, 0.1) is 6.42 Å². The molecule has 2 heterocycles. The van der Waals surface area contributed by atoms with Crippen LogP contribution in [0.5, 0.6) is 0 Å². The van der Waals surface area contributed by atoms with Crippen LogP contribution in [0.2, 0.25) is 0 Å². The maximum atomic E-state index is 12.3. The van der Waals surface area contributed by atoms with Crippen LogP contribution in [-0.4, -0.2) is 66.2 Å². The van der Waals surface area contributed by atoms with Crippen molar-refractivity contribution in [2.75, 3.05) is 13.6 Å². The maximum Gasteiger partial charge on any atom is 0.322 e. The molecule has 2 fully saturated rings. The number of likely N-dealkylation sites (tertiary alicyclic amines) is 1. The smallest absolute Gasteiger partial charge is 0.322 e. The normalized spacial score (nSPS) is 28.1. The second kappa shape index (κ2) is 5.70. The van der Waals surface area contributed by atoms with Gasteiger partial charge in [-0.05, 0) is 19.3 Å². The minimum Gasteiger partial charge on any atom is -0.480 e. The van der Waals surface area contributed by atoms with Gasteiger partial charge in [-0.15, -0.1) is 0 Å². The number of carboxylic acids is 1. The Kier molecular flexibility index (Phi) is 4.30. The van der Waals surface area contributed by atoms with E-state index >= 15 is 0 Å². The number of nitrogens with zero attached hydrogens (tertiary/aromatic N) is 2. The van der Waals surface area contributed by atoms with Crippen LogP contribution in [-0.2, 0) is 24.6 Å². The number of likely N-dealkylation sites (N-methyl/N-ethyl adjacent to an activating group) is 1. The van der Waals surface area contributed by atoms with E-state index in [-0.39, 0.29) is 19.4 Å². The standard InChI is InChI=1S/C11H17N3O6S/c1-13-9(15)6-7(10(13)16)12-21(19,20)14-5-3-2-4-8(14)11(17)18/h7-8,12H,2-6H2,1H3,(H,17,18). The van der Waals surface area contributed by atoms with E-state index in [1.165, 1.54) is 7.05 Å². The highest BCUT2D eigenvalue weighted by Crippen LogP contribution is 2.21. The van der Waals surface area contributed by atoms with Crippen molar-refractivity contribution in [1.29, 1.82) is 0 Å². The summed E-state index contributed by atoms with van der Waals surface area (Å²) in [6, 6.07) is -2.30. The summed E-state index contributed by atoms with van der Waals surface area (Å²) in [5.41, 5.74) is 0. The first-order chi connectivity index (χ1) is 9.74. The van der Waals surface area contributed by atoms with Gasteiger partial charge in [-0.2, -0.15) is 17.4 Å². The summed E-state index contributed by atoms with van der Waals surface area (Å²) in [6.45, 7) is 0.0804. The van der Waals surface area contributed by atoms with Gasteiger partial charge in [0.2, 0.25) is 11.8 Å². The molecule has 21 heavy (non-hydrogen) atoms. The van der Waals surface area contributed by atoms with E-state index in [4.69, 9.17) is 5.11 Å². The molecule has 118 valence electrons. The zero-order valence-electron chi connectivity index (χ0n) is 11.5. The fourth-order valence-electron chi connectivity index (χ4n) is 2.53. The Bertz CT molecular complexity index is 575. The molecule has 0 spiro atoms. The van der Waals surface area contributed by atoms with Gasteiger partial charge in [0.1, 0.15) is 12.1 Å². The zero-order chi connectivity index (χ0) is 15.8. The Balaban J connectivity index is 2.16. The fraction of sp³-hybridized carbons (Fsp3) is 0.727. The van der Waals surface area contributed by atoms with Gasteiger partial charge in [0.15, 0.2) is 0 Å². The second-order valence-electron chi connectivity index (χ2n) is 5.13. The lowest BCUT2D eigenvalue weighted by atomic mass is 10.1. The number of amides is 2. The number of aliphatic carboxylic acids is 1. The van der Waals surface area contributed by atoms with Crippen molar-refractivity contribution in [2.45, 2.75) is 37.8 Å². The molecule has 2 aliphatic rings. The van der Waals surface area contributed by atoms with Crippen molar-refractivity contribution in [2.24, 2.45) is 0 Å². The van der Waals surface area contributed by atoms with Gasteiger partial charge >= 0.3 is 5.97 Å². The van der Waals surface area contributed by atoms with Gasteiger partial charge in [-0.3, -0.25) is 19.3 Å². The topological polar surface area (TPSA) is 124 Å². The van der Waals surface area contributed by atoms with Crippen molar-refractivity contribution < 1.29 is 27.9 Å². The van der Waals surface area contributed by atoms with Gasteiger partial charge in [-0.1, -0.05) is 0 Å². The fourth-order valence-corrected chi connectivity index (χ4v) is 4.11. The van der Waals surface area contributed by atoms with Crippen molar-refractivity contribution in [3.63, 3.8) is 0 Å². The minimum atomic E-state index is -4.14. The summed E-state index contributed by atoms with van der Waals surface area (Å²) >= 11 is 0. The Morgan fingerprint density at radius 3 is 2.52 bits per heavy atom. The molecule has 2 rings (SSSR count). The lowest BCUT2D eigenvalue weighted by Crippen LogP contribution is -2.55. The lowest BCUT2D eigenvalue weighted by molar-refractivity contribution is -0.142. The van der Waals surface area contributed by atoms with Crippen LogP contribution in [0.3, 0.4) is 0 Å².